The number of nitrogens with one attached hydrogen (secondary N) is 1. The van der Waals surface area contributed by atoms with Crippen LogP contribution in [-0.4, -0.2) is 36.0 Å². The zero-order chi connectivity index (χ0) is 7.40. The second-order valence-electron chi connectivity index (χ2n) is 2.38. The number of aliphatic carboxylic acids is 1. The summed E-state index contributed by atoms with van der Waals surface area (Å²) in [6.07, 6.45) is 1.82. The van der Waals surface area contributed by atoms with E-state index in [0.717, 1.165) is 25.7 Å². The third kappa shape index (κ3) is 2.24. The molecule has 0 aromatic heterocycles. The van der Waals surface area contributed by atoms with Crippen molar-refractivity contribution in [2.24, 2.45) is 0 Å². The third-order valence-corrected chi connectivity index (χ3v) is 3.17. The lowest BCUT2D eigenvalue weighted by Crippen LogP contribution is -2.19. The topological polar surface area (TPSA) is 49.3 Å². The Kier molecular flexibility index (Phi) is 3.10. The molecule has 0 amide bonds. The standard InChI is InChI=1S/C6H12NO2P/c8-6(9)5-1-2-7-3-4-10-5/h5,7,10H,1-4H2,(H,8,9). The molecule has 2 unspecified atom stereocenters. The van der Waals surface area contributed by atoms with Gasteiger partial charge in [-0.25, -0.2) is 0 Å². The number of hydrogen-bond acceptors (Lipinski definition) is 2. The lowest BCUT2D eigenvalue weighted by molar-refractivity contribution is -0.136. The van der Waals surface area contributed by atoms with Crippen LogP contribution in [0.15, 0.2) is 0 Å². The lowest BCUT2D eigenvalue weighted by atomic mass is 10.3. The average molecular weight is 161 g/mol. The summed E-state index contributed by atoms with van der Waals surface area (Å²) in [6, 6.07) is 0. The van der Waals surface area contributed by atoms with E-state index in [1.165, 1.54) is 0 Å². The highest BCUT2D eigenvalue weighted by molar-refractivity contribution is 7.40. The fourth-order valence-corrected chi connectivity index (χ4v) is 2.21. The van der Waals surface area contributed by atoms with Gasteiger partial charge in [-0.2, -0.15) is 0 Å². The van der Waals surface area contributed by atoms with Gasteiger partial charge in [0.05, 0.1) is 5.66 Å². The first-order chi connectivity index (χ1) is 4.80. The molecule has 1 heterocycles. The summed E-state index contributed by atoms with van der Waals surface area (Å²) in [7, 11) is 0.604. The predicted octanol–water partition coefficient (Wildman–Crippen LogP) is 0.111. The number of carboxylic acids is 1. The van der Waals surface area contributed by atoms with Gasteiger partial charge in [-0.3, -0.25) is 4.79 Å². The van der Waals surface area contributed by atoms with Crippen molar-refractivity contribution in [3.05, 3.63) is 0 Å². The van der Waals surface area contributed by atoms with E-state index in [1.54, 1.807) is 0 Å². The van der Waals surface area contributed by atoms with Crippen LogP contribution in [0, 0.1) is 0 Å². The molecule has 1 fully saturated rings. The summed E-state index contributed by atoms with van der Waals surface area (Å²) < 4.78 is 0. The van der Waals surface area contributed by atoms with Crippen LogP contribution in [0.3, 0.4) is 0 Å². The van der Waals surface area contributed by atoms with Gasteiger partial charge in [-0.15, -0.1) is 8.58 Å². The third-order valence-electron chi connectivity index (χ3n) is 1.60. The normalized spacial score (nSPS) is 29.8. The van der Waals surface area contributed by atoms with Crippen LogP contribution in [0.25, 0.3) is 0 Å². The molecule has 0 bridgehead atoms. The van der Waals surface area contributed by atoms with Gasteiger partial charge in [0.1, 0.15) is 0 Å². The molecule has 0 spiro atoms. The Labute approximate surface area is 62.0 Å². The summed E-state index contributed by atoms with van der Waals surface area (Å²) in [6.45, 7) is 1.85. The van der Waals surface area contributed by atoms with Crippen LogP contribution in [-0.2, 0) is 4.79 Å². The summed E-state index contributed by atoms with van der Waals surface area (Å²) in [4.78, 5) is 10.5. The molecule has 1 rings (SSSR count). The van der Waals surface area contributed by atoms with Crippen molar-refractivity contribution in [1.29, 1.82) is 0 Å². The average Bonchev–Trinajstić information content (AvgIpc) is 2.12. The zero-order valence-electron chi connectivity index (χ0n) is 5.76. The smallest absolute Gasteiger partial charge is 0.310 e. The van der Waals surface area contributed by atoms with E-state index in [2.05, 4.69) is 5.32 Å². The fourth-order valence-electron chi connectivity index (χ4n) is 1.02. The molecule has 0 aromatic rings. The van der Waals surface area contributed by atoms with E-state index in [-0.39, 0.29) is 5.66 Å². The van der Waals surface area contributed by atoms with E-state index in [1.807, 2.05) is 0 Å². The van der Waals surface area contributed by atoms with Gasteiger partial charge in [0.2, 0.25) is 0 Å². The Bertz CT molecular complexity index is 121. The maximum Gasteiger partial charge on any atom is 0.310 e. The molecule has 1 aliphatic rings. The van der Waals surface area contributed by atoms with Crippen LogP contribution in [0.5, 0.6) is 0 Å². The van der Waals surface area contributed by atoms with Crippen LogP contribution >= 0.6 is 8.58 Å². The zero-order valence-corrected chi connectivity index (χ0v) is 6.76. The van der Waals surface area contributed by atoms with Crippen molar-refractivity contribution in [1.82, 2.24) is 5.32 Å². The first-order valence-electron chi connectivity index (χ1n) is 3.47. The Hall–Kier alpha value is -0.140. The molecule has 2 atom stereocenters. The van der Waals surface area contributed by atoms with Crippen LogP contribution in [0.2, 0.25) is 0 Å². The van der Waals surface area contributed by atoms with Crippen molar-refractivity contribution < 1.29 is 9.90 Å². The molecule has 4 heteroatoms. The van der Waals surface area contributed by atoms with Gasteiger partial charge in [0, 0.05) is 0 Å². The second kappa shape index (κ2) is 3.89. The molecule has 2 N–H and O–H groups in total. The largest absolute Gasteiger partial charge is 0.481 e. The SMILES string of the molecule is O=C(O)C1CCNCCP1. The van der Waals surface area contributed by atoms with Gasteiger partial charge in [-0.05, 0) is 25.7 Å². The summed E-state index contributed by atoms with van der Waals surface area (Å²) >= 11 is 0. The quantitative estimate of drug-likeness (QED) is 0.537. The van der Waals surface area contributed by atoms with Gasteiger partial charge < -0.3 is 10.4 Å². The maximum atomic E-state index is 10.5. The molecule has 58 valence electrons. The molecule has 3 nitrogen and oxygen atoms in total. The molecule has 0 saturated carbocycles. The minimum absolute atomic E-state index is 0.0741. The van der Waals surface area contributed by atoms with Crippen LogP contribution in [0.1, 0.15) is 6.42 Å². The van der Waals surface area contributed by atoms with E-state index >= 15 is 0 Å². The van der Waals surface area contributed by atoms with Gasteiger partial charge >= 0.3 is 5.97 Å². The Balaban J connectivity index is 2.35. The van der Waals surface area contributed by atoms with E-state index in [0.29, 0.717) is 8.58 Å². The van der Waals surface area contributed by atoms with E-state index < -0.39 is 5.97 Å². The van der Waals surface area contributed by atoms with Crippen LogP contribution < -0.4 is 5.32 Å². The molecule has 0 radical (unpaired) electrons. The van der Waals surface area contributed by atoms with Crippen molar-refractivity contribution in [3.63, 3.8) is 0 Å². The van der Waals surface area contributed by atoms with Crippen molar-refractivity contribution in [3.8, 4) is 0 Å². The summed E-state index contributed by atoms with van der Waals surface area (Å²) in [5.41, 5.74) is -0.0741. The molecular weight excluding hydrogens is 149 g/mol. The molecule has 10 heavy (non-hydrogen) atoms. The number of carbonyl (C=O) groups is 1. The summed E-state index contributed by atoms with van der Waals surface area (Å²) in [5.74, 6) is -0.623. The predicted molar refractivity (Wildman–Crippen MR) is 42.1 cm³/mol. The van der Waals surface area contributed by atoms with Crippen LogP contribution in [0.4, 0.5) is 0 Å². The van der Waals surface area contributed by atoms with Crippen molar-refractivity contribution in [2.45, 2.75) is 12.1 Å². The van der Waals surface area contributed by atoms with Gasteiger partial charge in [-0.1, -0.05) is 0 Å². The van der Waals surface area contributed by atoms with Crippen molar-refractivity contribution >= 4 is 14.6 Å². The Morgan fingerprint density at radius 1 is 1.60 bits per heavy atom. The monoisotopic (exact) mass is 161 g/mol. The maximum absolute atomic E-state index is 10.5. The fraction of sp³-hybridized carbons (Fsp3) is 0.833. The molecule has 0 aromatic carbocycles. The number of carboxylic acid groups (broad SMARTS) is 1. The number of hydrogen-bond donors (Lipinski definition) is 2. The minimum Gasteiger partial charge on any atom is -0.481 e. The van der Waals surface area contributed by atoms with Crippen molar-refractivity contribution in [2.75, 3.05) is 19.3 Å². The highest BCUT2D eigenvalue weighted by Gasteiger charge is 2.17. The van der Waals surface area contributed by atoms with E-state index in [9.17, 15) is 4.79 Å². The van der Waals surface area contributed by atoms with Gasteiger partial charge in [0.25, 0.3) is 0 Å². The highest BCUT2D eigenvalue weighted by Crippen LogP contribution is 2.22. The molecule has 1 saturated heterocycles. The highest BCUT2D eigenvalue weighted by atomic mass is 31.1. The minimum atomic E-state index is -0.623. The lowest BCUT2D eigenvalue weighted by Gasteiger charge is -2.05. The van der Waals surface area contributed by atoms with E-state index in [4.69, 9.17) is 5.11 Å². The Morgan fingerprint density at radius 2 is 2.40 bits per heavy atom. The number of rotatable bonds is 1. The second-order valence-corrected chi connectivity index (χ2v) is 3.99. The molecule has 1 aliphatic heterocycles. The summed E-state index contributed by atoms with van der Waals surface area (Å²) in [5, 5.41) is 11.8. The molecular formula is C6H12NO2P. The van der Waals surface area contributed by atoms with Gasteiger partial charge in [0.15, 0.2) is 0 Å². The first kappa shape index (κ1) is 7.96. The Morgan fingerprint density at radius 3 is 3.10 bits per heavy atom. The first-order valence-corrected chi connectivity index (χ1v) is 4.76. The molecule has 0 aliphatic carbocycles.